The van der Waals surface area contributed by atoms with Crippen molar-refractivity contribution in [2.24, 2.45) is 7.05 Å². The number of carbonyl (C=O) groups excluding carboxylic acids is 1. The fraction of sp³-hybridized carbons (Fsp3) is 0.267. The predicted molar refractivity (Wildman–Crippen MR) is 84.5 cm³/mol. The second kappa shape index (κ2) is 6.74. The molecule has 0 saturated carbocycles. The maximum atomic E-state index is 12.4. The van der Waals surface area contributed by atoms with Crippen molar-refractivity contribution in [2.75, 3.05) is 0 Å². The van der Waals surface area contributed by atoms with Crippen LogP contribution in [0, 0.1) is 6.92 Å². The molecule has 0 spiro atoms. The molecule has 0 fully saturated rings. The molecule has 0 radical (unpaired) electrons. The van der Waals surface area contributed by atoms with Gasteiger partial charge in [-0.25, -0.2) is 0 Å². The molecule has 22 heavy (non-hydrogen) atoms. The number of hydrogen-bond donors (Lipinski definition) is 2. The molecule has 7 heteroatoms. The number of carbonyl (C=O) groups is 2. The van der Waals surface area contributed by atoms with Crippen molar-refractivity contribution in [3.05, 3.63) is 51.8 Å². The number of carboxylic acid groups (broad SMARTS) is 1. The van der Waals surface area contributed by atoms with Gasteiger partial charge in [-0.15, -0.1) is 0 Å². The van der Waals surface area contributed by atoms with Gasteiger partial charge in [-0.05, 0) is 24.6 Å². The maximum Gasteiger partial charge on any atom is 0.305 e. The topological polar surface area (TPSA) is 84.2 Å². The monoisotopic (exact) mass is 365 g/mol. The van der Waals surface area contributed by atoms with E-state index in [4.69, 9.17) is 5.11 Å². The van der Waals surface area contributed by atoms with Gasteiger partial charge in [-0.1, -0.05) is 28.1 Å². The molecule has 0 bridgehead atoms. The van der Waals surface area contributed by atoms with Crippen molar-refractivity contribution in [1.82, 2.24) is 15.1 Å². The Morgan fingerprint density at radius 2 is 2.18 bits per heavy atom. The van der Waals surface area contributed by atoms with E-state index in [2.05, 4.69) is 26.3 Å². The molecule has 116 valence electrons. The first-order chi connectivity index (χ1) is 10.4. The first-order valence-corrected chi connectivity index (χ1v) is 7.44. The van der Waals surface area contributed by atoms with Crippen molar-refractivity contribution in [2.45, 2.75) is 19.4 Å². The standard InChI is InChI=1S/C15H16BrN3O3/c1-9-12(8-17-19(9)2)15(22)18-13(7-14(20)21)10-4-3-5-11(16)6-10/h3-6,8,13H,7H2,1-2H3,(H,18,22)(H,20,21). The van der Waals surface area contributed by atoms with Gasteiger partial charge in [0.1, 0.15) is 0 Å². The zero-order valence-electron chi connectivity index (χ0n) is 12.2. The highest BCUT2D eigenvalue weighted by Crippen LogP contribution is 2.22. The molecule has 6 nitrogen and oxygen atoms in total. The lowest BCUT2D eigenvalue weighted by Gasteiger charge is -2.17. The number of halogens is 1. The molecule has 0 aliphatic heterocycles. The summed E-state index contributed by atoms with van der Waals surface area (Å²) in [4.78, 5) is 23.4. The average Bonchev–Trinajstić information content (AvgIpc) is 2.78. The number of nitrogens with zero attached hydrogens (tertiary/aromatic N) is 2. The molecular formula is C15H16BrN3O3. The van der Waals surface area contributed by atoms with E-state index in [1.807, 2.05) is 6.07 Å². The van der Waals surface area contributed by atoms with Gasteiger partial charge >= 0.3 is 5.97 Å². The molecule has 1 atom stereocenters. The van der Waals surface area contributed by atoms with Gasteiger partial charge in [0.05, 0.1) is 24.2 Å². The Labute approximate surface area is 136 Å². The number of aliphatic carboxylic acids is 1. The quantitative estimate of drug-likeness (QED) is 0.851. The maximum absolute atomic E-state index is 12.4. The number of nitrogens with one attached hydrogen (secondary N) is 1. The molecule has 1 amide bonds. The minimum absolute atomic E-state index is 0.193. The summed E-state index contributed by atoms with van der Waals surface area (Å²) in [5.74, 6) is -1.31. The lowest BCUT2D eigenvalue weighted by atomic mass is 10.0. The summed E-state index contributed by atoms with van der Waals surface area (Å²) in [5.41, 5.74) is 1.89. The van der Waals surface area contributed by atoms with Gasteiger partial charge in [-0.3, -0.25) is 14.3 Å². The predicted octanol–water partition coefficient (Wildman–Crippen LogP) is 2.44. The van der Waals surface area contributed by atoms with E-state index in [-0.39, 0.29) is 12.3 Å². The summed E-state index contributed by atoms with van der Waals surface area (Å²) in [7, 11) is 1.75. The van der Waals surface area contributed by atoms with Crippen molar-refractivity contribution < 1.29 is 14.7 Å². The number of aryl methyl sites for hydroxylation is 1. The van der Waals surface area contributed by atoms with Crippen LogP contribution in [-0.2, 0) is 11.8 Å². The van der Waals surface area contributed by atoms with E-state index in [9.17, 15) is 9.59 Å². The van der Waals surface area contributed by atoms with Crippen molar-refractivity contribution >= 4 is 27.8 Å². The van der Waals surface area contributed by atoms with E-state index in [0.29, 0.717) is 5.56 Å². The van der Waals surface area contributed by atoms with Crippen LogP contribution in [0.3, 0.4) is 0 Å². The van der Waals surface area contributed by atoms with E-state index in [1.54, 1.807) is 36.9 Å². The minimum Gasteiger partial charge on any atom is -0.481 e. The summed E-state index contributed by atoms with van der Waals surface area (Å²) >= 11 is 3.35. The fourth-order valence-electron chi connectivity index (χ4n) is 2.11. The average molecular weight is 366 g/mol. The molecule has 2 aromatic rings. The van der Waals surface area contributed by atoms with E-state index < -0.39 is 12.0 Å². The van der Waals surface area contributed by atoms with Crippen molar-refractivity contribution in [3.8, 4) is 0 Å². The van der Waals surface area contributed by atoms with Crippen LogP contribution in [0.5, 0.6) is 0 Å². The Kier molecular flexibility index (Phi) is 4.97. The van der Waals surface area contributed by atoms with Gasteiger partial charge in [0.2, 0.25) is 0 Å². The summed E-state index contributed by atoms with van der Waals surface area (Å²) in [5, 5.41) is 15.9. The number of rotatable bonds is 5. The lowest BCUT2D eigenvalue weighted by molar-refractivity contribution is -0.137. The summed E-state index contributed by atoms with van der Waals surface area (Å²) < 4.78 is 2.42. The molecule has 2 N–H and O–H groups in total. The SMILES string of the molecule is Cc1c(C(=O)NC(CC(=O)O)c2cccc(Br)c2)cnn1C. The van der Waals surface area contributed by atoms with Gasteiger partial charge in [0.25, 0.3) is 5.91 Å². The molecule has 1 unspecified atom stereocenters. The second-order valence-corrected chi connectivity index (χ2v) is 5.86. The largest absolute Gasteiger partial charge is 0.481 e. The van der Waals surface area contributed by atoms with Crippen LogP contribution in [0.1, 0.15) is 34.1 Å². The number of aromatic nitrogens is 2. The first-order valence-electron chi connectivity index (χ1n) is 6.65. The van der Waals surface area contributed by atoms with Crippen LogP contribution in [-0.4, -0.2) is 26.8 Å². The summed E-state index contributed by atoms with van der Waals surface area (Å²) in [6.07, 6.45) is 1.28. The van der Waals surface area contributed by atoms with Crippen LogP contribution < -0.4 is 5.32 Å². The van der Waals surface area contributed by atoms with Crippen LogP contribution >= 0.6 is 15.9 Å². The Balaban J connectivity index is 2.25. The van der Waals surface area contributed by atoms with E-state index >= 15 is 0 Å². The molecule has 1 aromatic carbocycles. The minimum atomic E-state index is -0.979. The number of hydrogen-bond acceptors (Lipinski definition) is 3. The van der Waals surface area contributed by atoms with Crippen LogP contribution in [0.2, 0.25) is 0 Å². The third kappa shape index (κ3) is 3.73. The molecule has 2 rings (SSSR count). The number of carboxylic acids is 1. The lowest BCUT2D eigenvalue weighted by Crippen LogP contribution is -2.30. The molecule has 1 heterocycles. The number of benzene rings is 1. The van der Waals surface area contributed by atoms with Crippen LogP contribution in [0.25, 0.3) is 0 Å². The first kappa shape index (κ1) is 16.2. The van der Waals surface area contributed by atoms with Crippen molar-refractivity contribution in [1.29, 1.82) is 0 Å². The van der Waals surface area contributed by atoms with E-state index in [0.717, 1.165) is 15.7 Å². The second-order valence-electron chi connectivity index (χ2n) is 4.95. The fourth-order valence-corrected chi connectivity index (χ4v) is 2.52. The van der Waals surface area contributed by atoms with Gasteiger partial charge in [0.15, 0.2) is 0 Å². The highest BCUT2D eigenvalue weighted by molar-refractivity contribution is 9.10. The van der Waals surface area contributed by atoms with Crippen molar-refractivity contribution in [3.63, 3.8) is 0 Å². The zero-order valence-corrected chi connectivity index (χ0v) is 13.8. The van der Waals surface area contributed by atoms with Gasteiger partial charge < -0.3 is 10.4 Å². The summed E-state index contributed by atoms with van der Waals surface area (Å²) in [6.45, 7) is 1.78. The molecule has 0 aliphatic carbocycles. The summed E-state index contributed by atoms with van der Waals surface area (Å²) in [6, 6.07) is 6.62. The van der Waals surface area contributed by atoms with Crippen LogP contribution in [0.15, 0.2) is 34.9 Å². The zero-order chi connectivity index (χ0) is 16.3. The highest BCUT2D eigenvalue weighted by atomic mass is 79.9. The normalized spacial score (nSPS) is 12.0. The Bertz CT molecular complexity index is 712. The van der Waals surface area contributed by atoms with Gasteiger partial charge in [0, 0.05) is 17.2 Å². The van der Waals surface area contributed by atoms with E-state index in [1.165, 1.54) is 6.20 Å². The highest BCUT2D eigenvalue weighted by Gasteiger charge is 2.21. The molecule has 0 aliphatic rings. The Morgan fingerprint density at radius 1 is 1.45 bits per heavy atom. The molecule has 1 aromatic heterocycles. The van der Waals surface area contributed by atoms with Gasteiger partial charge in [-0.2, -0.15) is 5.10 Å². The van der Waals surface area contributed by atoms with Crippen LogP contribution in [0.4, 0.5) is 0 Å². The third-order valence-electron chi connectivity index (χ3n) is 3.41. The third-order valence-corrected chi connectivity index (χ3v) is 3.91. The Morgan fingerprint density at radius 3 is 2.73 bits per heavy atom. The Hall–Kier alpha value is -2.15. The molecular weight excluding hydrogens is 350 g/mol. The molecule has 0 saturated heterocycles. The number of amides is 1. The smallest absolute Gasteiger partial charge is 0.305 e.